The van der Waals surface area contributed by atoms with Gasteiger partial charge in [0.15, 0.2) is 0 Å². The first-order valence-electron chi connectivity index (χ1n) is 5.61. The Kier molecular flexibility index (Phi) is 5.09. The second-order valence-corrected chi connectivity index (χ2v) is 4.30. The molecule has 5 nitrogen and oxygen atoms in total. The lowest BCUT2D eigenvalue weighted by molar-refractivity contribution is -0.385. The fourth-order valence-corrected chi connectivity index (χ4v) is 1.82. The minimum atomic E-state index is -0.468. The summed E-state index contributed by atoms with van der Waals surface area (Å²) < 4.78 is 0. The fraction of sp³-hybridized carbons (Fsp3) is 0.417. The number of nitrogens with one attached hydrogen (secondary N) is 1. The zero-order chi connectivity index (χ0) is 13.7. The summed E-state index contributed by atoms with van der Waals surface area (Å²) in [5, 5.41) is 13.4. The van der Waals surface area contributed by atoms with Crippen LogP contribution in [0.4, 0.5) is 5.69 Å². The number of nitro benzene ring substituents is 1. The molecule has 0 aliphatic heterocycles. The maximum absolute atomic E-state index is 11.9. The number of aryl methyl sites for hydroxylation is 1. The van der Waals surface area contributed by atoms with Crippen LogP contribution in [0.2, 0.25) is 0 Å². The molecule has 0 aliphatic carbocycles. The van der Waals surface area contributed by atoms with E-state index in [0.717, 1.165) is 6.42 Å². The van der Waals surface area contributed by atoms with Gasteiger partial charge < -0.3 is 5.32 Å². The van der Waals surface area contributed by atoms with E-state index in [1.165, 1.54) is 18.2 Å². The number of hydrogen-bond acceptors (Lipinski definition) is 3. The highest BCUT2D eigenvalue weighted by molar-refractivity contribution is 6.18. The Morgan fingerprint density at radius 2 is 2.22 bits per heavy atom. The summed E-state index contributed by atoms with van der Waals surface area (Å²) >= 11 is 5.69. The van der Waals surface area contributed by atoms with Gasteiger partial charge in [-0.15, -0.1) is 11.6 Å². The van der Waals surface area contributed by atoms with Crippen molar-refractivity contribution in [1.29, 1.82) is 0 Å². The standard InChI is InChI=1S/C12H15ClN2O3/c1-3-10(7-13)14-12(16)9-4-5-11(15(17)18)8(2)6-9/h4-6,10H,3,7H2,1-2H3,(H,14,16). The molecule has 0 aliphatic rings. The van der Waals surface area contributed by atoms with E-state index in [9.17, 15) is 14.9 Å². The van der Waals surface area contributed by atoms with E-state index in [1.54, 1.807) is 6.92 Å². The molecular weight excluding hydrogens is 256 g/mol. The lowest BCUT2D eigenvalue weighted by atomic mass is 10.1. The zero-order valence-corrected chi connectivity index (χ0v) is 11.0. The highest BCUT2D eigenvalue weighted by atomic mass is 35.5. The fourth-order valence-electron chi connectivity index (χ4n) is 1.52. The third-order valence-corrected chi connectivity index (χ3v) is 3.04. The molecule has 0 heterocycles. The number of carbonyl (C=O) groups excluding carboxylic acids is 1. The molecule has 1 aromatic carbocycles. The molecule has 0 fully saturated rings. The molecule has 6 heteroatoms. The summed E-state index contributed by atoms with van der Waals surface area (Å²) in [5.41, 5.74) is 0.879. The molecule has 1 N–H and O–H groups in total. The smallest absolute Gasteiger partial charge is 0.272 e. The molecule has 1 atom stereocenters. The quantitative estimate of drug-likeness (QED) is 0.508. The molecule has 98 valence electrons. The van der Waals surface area contributed by atoms with Gasteiger partial charge in [0.2, 0.25) is 0 Å². The van der Waals surface area contributed by atoms with Crippen molar-refractivity contribution in [2.75, 3.05) is 5.88 Å². The molecule has 0 radical (unpaired) electrons. The second-order valence-electron chi connectivity index (χ2n) is 3.99. The first kappa shape index (κ1) is 14.4. The Morgan fingerprint density at radius 1 is 1.56 bits per heavy atom. The first-order valence-corrected chi connectivity index (χ1v) is 6.14. The average molecular weight is 271 g/mol. The van der Waals surface area contributed by atoms with Crippen LogP contribution in [0.15, 0.2) is 18.2 Å². The van der Waals surface area contributed by atoms with Crippen LogP contribution in [0.25, 0.3) is 0 Å². The van der Waals surface area contributed by atoms with E-state index in [-0.39, 0.29) is 17.6 Å². The van der Waals surface area contributed by atoms with Crippen LogP contribution in [-0.2, 0) is 0 Å². The van der Waals surface area contributed by atoms with Crippen molar-refractivity contribution < 1.29 is 9.72 Å². The van der Waals surface area contributed by atoms with E-state index >= 15 is 0 Å². The van der Waals surface area contributed by atoms with E-state index in [0.29, 0.717) is 17.0 Å². The minimum absolute atomic E-state index is 0.0101. The Labute approximate surface area is 110 Å². The van der Waals surface area contributed by atoms with Gasteiger partial charge in [0.05, 0.1) is 4.92 Å². The minimum Gasteiger partial charge on any atom is -0.348 e. The highest BCUT2D eigenvalue weighted by Gasteiger charge is 2.15. The Bertz CT molecular complexity index is 459. The summed E-state index contributed by atoms with van der Waals surface area (Å²) in [4.78, 5) is 22.1. The summed E-state index contributed by atoms with van der Waals surface area (Å²) in [5.74, 6) is 0.0780. The molecule has 1 amide bonds. The number of amides is 1. The van der Waals surface area contributed by atoms with Gasteiger partial charge in [-0.1, -0.05) is 6.92 Å². The van der Waals surface area contributed by atoms with Gasteiger partial charge >= 0.3 is 0 Å². The molecular formula is C12H15ClN2O3. The zero-order valence-electron chi connectivity index (χ0n) is 10.3. The second kappa shape index (κ2) is 6.35. The summed E-state index contributed by atoms with van der Waals surface area (Å²) in [7, 11) is 0. The lowest BCUT2D eigenvalue weighted by Gasteiger charge is -2.13. The number of carbonyl (C=O) groups is 1. The number of rotatable bonds is 5. The number of halogens is 1. The van der Waals surface area contributed by atoms with Crippen LogP contribution in [0.3, 0.4) is 0 Å². The van der Waals surface area contributed by atoms with Crippen LogP contribution < -0.4 is 5.32 Å². The predicted octanol–water partition coefficient (Wildman–Crippen LogP) is 2.65. The largest absolute Gasteiger partial charge is 0.348 e. The lowest BCUT2D eigenvalue weighted by Crippen LogP contribution is -2.35. The van der Waals surface area contributed by atoms with Gasteiger partial charge in [-0.3, -0.25) is 14.9 Å². The predicted molar refractivity (Wildman–Crippen MR) is 70.1 cm³/mol. The van der Waals surface area contributed by atoms with E-state index in [1.807, 2.05) is 6.92 Å². The van der Waals surface area contributed by atoms with E-state index in [2.05, 4.69) is 5.32 Å². The summed E-state index contributed by atoms with van der Waals surface area (Å²) in [6.07, 6.45) is 0.737. The van der Waals surface area contributed by atoms with Crippen LogP contribution >= 0.6 is 11.6 Å². The molecule has 1 aromatic rings. The Hall–Kier alpha value is -1.62. The topological polar surface area (TPSA) is 72.2 Å². The number of alkyl halides is 1. The van der Waals surface area contributed by atoms with Gasteiger partial charge in [0, 0.05) is 29.1 Å². The van der Waals surface area contributed by atoms with Gasteiger partial charge in [0.25, 0.3) is 11.6 Å². The van der Waals surface area contributed by atoms with Crippen molar-refractivity contribution in [3.05, 3.63) is 39.4 Å². The van der Waals surface area contributed by atoms with Gasteiger partial charge in [-0.05, 0) is 25.5 Å². The van der Waals surface area contributed by atoms with Crippen LogP contribution in [0.5, 0.6) is 0 Å². The van der Waals surface area contributed by atoms with E-state index in [4.69, 9.17) is 11.6 Å². The Balaban J connectivity index is 2.88. The Morgan fingerprint density at radius 3 is 2.67 bits per heavy atom. The molecule has 0 saturated heterocycles. The van der Waals surface area contributed by atoms with Crippen molar-refractivity contribution in [3.8, 4) is 0 Å². The van der Waals surface area contributed by atoms with Crippen LogP contribution in [-0.4, -0.2) is 22.8 Å². The van der Waals surface area contributed by atoms with Crippen molar-refractivity contribution in [3.63, 3.8) is 0 Å². The molecule has 0 spiro atoms. The maximum Gasteiger partial charge on any atom is 0.272 e. The normalized spacial score (nSPS) is 11.9. The molecule has 1 rings (SSSR count). The number of hydrogen-bond donors (Lipinski definition) is 1. The van der Waals surface area contributed by atoms with Crippen LogP contribution in [0.1, 0.15) is 29.3 Å². The van der Waals surface area contributed by atoms with Crippen molar-refractivity contribution in [2.24, 2.45) is 0 Å². The summed E-state index contributed by atoms with van der Waals surface area (Å²) in [6, 6.07) is 4.21. The maximum atomic E-state index is 11.9. The monoisotopic (exact) mass is 270 g/mol. The third-order valence-electron chi connectivity index (χ3n) is 2.67. The van der Waals surface area contributed by atoms with Crippen molar-refractivity contribution >= 4 is 23.2 Å². The number of benzene rings is 1. The first-order chi connectivity index (χ1) is 8.49. The molecule has 0 aromatic heterocycles. The van der Waals surface area contributed by atoms with Gasteiger partial charge in [0.1, 0.15) is 0 Å². The molecule has 1 unspecified atom stereocenters. The number of nitro groups is 1. The third kappa shape index (κ3) is 3.43. The average Bonchev–Trinajstić information content (AvgIpc) is 2.34. The highest BCUT2D eigenvalue weighted by Crippen LogP contribution is 2.18. The van der Waals surface area contributed by atoms with Crippen molar-refractivity contribution in [1.82, 2.24) is 5.32 Å². The molecule has 0 saturated carbocycles. The van der Waals surface area contributed by atoms with Gasteiger partial charge in [-0.2, -0.15) is 0 Å². The summed E-state index contributed by atoms with van der Waals surface area (Å²) in [6.45, 7) is 3.53. The molecule has 18 heavy (non-hydrogen) atoms. The molecule has 0 bridgehead atoms. The van der Waals surface area contributed by atoms with Gasteiger partial charge in [-0.25, -0.2) is 0 Å². The number of nitrogens with zero attached hydrogens (tertiary/aromatic N) is 1. The van der Waals surface area contributed by atoms with Crippen LogP contribution in [0, 0.1) is 17.0 Å². The SMILES string of the molecule is CCC(CCl)NC(=O)c1ccc([N+](=O)[O-])c(C)c1. The van der Waals surface area contributed by atoms with E-state index < -0.39 is 4.92 Å². The van der Waals surface area contributed by atoms with Crippen molar-refractivity contribution in [2.45, 2.75) is 26.3 Å².